The van der Waals surface area contributed by atoms with E-state index in [0.29, 0.717) is 0 Å². The number of carbonyl (C=O) groups is 1. The minimum absolute atomic E-state index is 0.0193. The molecule has 1 atom stereocenters. The average Bonchev–Trinajstić information content (AvgIpc) is 2.73. The van der Waals surface area contributed by atoms with Crippen LogP contribution >= 0.6 is 15.9 Å². The zero-order valence-electron chi connectivity index (χ0n) is 11.7. The van der Waals surface area contributed by atoms with Gasteiger partial charge in [0, 0.05) is 10.4 Å². The highest BCUT2D eigenvalue weighted by Gasteiger charge is 2.68. The van der Waals surface area contributed by atoms with Gasteiger partial charge in [0.25, 0.3) is 0 Å². The lowest BCUT2D eigenvalue weighted by Gasteiger charge is -2.10. The highest BCUT2D eigenvalue weighted by molar-refractivity contribution is 9.10. The van der Waals surface area contributed by atoms with Crippen molar-refractivity contribution in [2.45, 2.75) is 33.6 Å². The third-order valence-electron chi connectivity index (χ3n) is 4.92. The molecule has 0 amide bonds. The number of hydrogen-bond acceptors (Lipinski definition) is 2. The lowest BCUT2D eigenvalue weighted by atomic mass is 9.90. The molecule has 0 heterocycles. The molecule has 1 fully saturated rings. The molecule has 1 aromatic rings. The number of carbonyl (C=O) groups excluding carboxylic acids is 1. The minimum Gasteiger partial charge on any atom is -0.297 e. The molecule has 0 bridgehead atoms. The molecule has 0 aromatic heterocycles. The van der Waals surface area contributed by atoms with Crippen molar-refractivity contribution < 1.29 is 4.79 Å². The third kappa shape index (κ3) is 2.12. The molecule has 100 valence electrons. The summed E-state index contributed by atoms with van der Waals surface area (Å²) in [4.78, 5) is 12.6. The molecule has 0 spiro atoms. The van der Waals surface area contributed by atoms with Gasteiger partial charge < -0.3 is 0 Å². The van der Waals surface area contributed by atoms with Crippen LogP contribution in [0.25, 0.3) is 0 Å². The fraction of sp³-hybridized carbons (Fsp3) is 0.500. The highest BCUT2D eigenvalue weighted by atomic mass is 79.9. The van der Waals surface area contributed by atoms with E-state index in [2.05, 4.69) is 49.7 Å². The number of nitriles is 1. The van der Waals surface area contributed by atoms with Crippen LogP contribution in [0.2, 0.25) is 0 Å². The van der Waals surface area contributed by atoms with Crippen LogP contribution in [0.1, 0.15) is 39.2 Å². The molecule has 19 heavy (non-hydrogen) atoms. The molecule has 0 N–H and O–H groups in total. The summed E-state index contributed by atoms with van der Waals surface area (Å²) >= 11 is 3.36. The normalized spacial score (nSPS) is 21.5. The Labute approximate surface area is 122 Å². The summed E-state index contributed by atoms with van der Waals surface area (Å²) in [6.45, 7) is 8.41. The summed E-state index contributed by atoms with van der Waals surface area (Å²) in [6.07, 6.45) is 0. The van der Waals surface area contributed by atoms with Gasteiger partial charge >= 0.3 is 0 Å². The first-order valence-corrected chi connectivity index (χ1v) is 7.21. The molecule has 1 aliphatic rings. The second-order valence-electron chi connectivity index (χ2n) is 6.39. The Kier molecular flexibility index (Phi) is 3.35. The molecule has 1 aliphatic carbocycles. The Morgan fingerprint density at radius 1 is 1.21 bits per heavy atom. The fourth-order valence-electron chi connectivity index (χ4n) is 3.03. The Morgan fingerprint density at radius 3 is 2.05 bits per heavy atom. The van der Waals surface area contributed by atoms with E-state index in [4.69, 9.17) is 0 Å². The zero-order valence-corrected chi connectivity index (χ0v) is 13.3. The number of nitrogens with zero attached hydrogens (tertiary/aromatic N) is 1. The van der Waals surface area contributed by atoms with E-state index in [0.717, 1.165) is 10.0 Å². The third-order valence-corrected chi connectivity index (χ3v) is 5.45. The summed E-state index contributed by atoms with van der Waals surface area (Å²) in [5.74, 6) is -0.632. The molecule has 2 nitrogen and oxygen atoms in total. The van der Waals surface area contributed by atoms with E-state index < -0.39 is 5.92 Å². The van der Waals surface area contributed by atoms with Crippen molar-refractivity contribution in [2.24, 2.45) is 16.7 Å². The van der Waals surface area contributed by atoms with E-state index >= 15 is 0 Å². The van der Waals surface area contributed by atoms with Gasteiger partial charge in [0.2, 0.25) is 0 Å². The Bertz CT molecular complexity index is 537. The van der Waals surface area contributed by atoms with Gasteiger partial charge in [0.05, 0.1) is 6.07 Å². The van der Waals surface area contributed by atoms with Crippen LogP contribution in [0.3, 0.4) is 0 Å². The van der Waals surface area contributed by atoms with Crippen LogP contribution in [-0.2, 0) is 4.79 Å². The Hall–Kier alpha value is -1.14. The predicted octanol–water partition coefficient (Wildman–Crippen LogP) is 4.31. The minimum atomic E-state index is -0.654. The van der Waals surface area contributed by atoms with Gasteiger partial charge in [-0.1, -0.05) is 55.8 Å². The van der Waals surface area contributed by atoms with Gasteiger partial charge in [-0.3, -0.25) is 4.79 Å². The summed E-state index contributed by atoms with van der Waals surface area (Å²) < 4.78 is 0.951. The monoisotopic (exact) mass is 319 g/mol. The molecule has 0 radical (unpaired) electrons. The quantitative estimate of drug-likeness (QED) is 0.833. The molecule has 0 saturated heterocycles. The van der Waals surface area contributed by atoms with E-state index in [1.165, 1.54) is 0 Å². The number of hydrogen-bond donors (Lipinski definition) is 0. The van der Waals surface area contributed by atoms with Crippen LogP contribution < -0.4 is 0 Å². The Morgan fingerprint density at radius 2 is 1.68 bits per heavy atom. The highest BCUT2D eigenvalue weighted by Crippen LogP contribution is 2.69. The SMILES string of the molecule is CC1(C)C(C(=O)C(C#N)c2ccc(Br)cc2)C1(C)C. The van der Waals surface area contributed by atoms with Gasteiger partial charge in [0.1, 0.15) is 5.92 Å². The molecule has 3 heteroatoms. The van der Waals surface area contributed by atoms with Crippen molar-refractivity contribution >= 4 is 21.7 Å². The number of halogens is 1. The summed E-state index contributed by atoms with van der Waals surface area (Å²) in [7, 11) is 0. The van der Waals surface area contributed by atoms with Crippen molar-refractivity contribution in [3.05, 3.63) is 34.3 Å². The zero-order chi connectivity index (χ0) is 14.4. The maximum atomic E-state index is 12.6. The average molecular weight is 320 g/mol. The van der Waals surface area contributed by atoms with Gasteiger partial charge in [-0.2, -0.15) is 5.26 Å². The molecule has 2 rings (SSSR count). The van der Waals surface area contributed by atoms with Crippen molar-refractivity contribution in [1.82, 2.24) is 0 Å². The molecular weight excluding hydrogens is 302 g/mol. The first-order valence-electron chi connectivity index (χ1n) is 6.42. The summed E-state index contributed by atoms with van der Waals surface area (Å²) in [5, 5.41) is 9.35. The van der Waals surface area contributed by atoms with Crippen molar-refractivity contribution in [1.29, 1.82) is 5.26 Å². The van der Waals surface area contributed by atoms with Crippen LogP contribution in [0, 0.1) is 28.1 Å². The number of benzene rings is 1. The van der Waals surface area contributed by atoms with E-state index in [1.807, 2.05) is 24.3 Å². The van der Waals surface area contributed by atoms with Gasteiger partial charge in [0.15, 0.2) is 5.78 Å². The van der Waals surface area contributed by atoms with Crippen molar-refractivity contribution in [2.75, 3.05) is 0 Å². The smallest absolute Gasteiger partial charge is 0.158 e. The standard InChI is InChI=1S/C16H18BrNO/c1-15(2)14(16(15,3)4)13(19)12(9-18)10-5-7-11(17)8-6-10/h5-8,12,14H,1-4H3. The molecular formula is C16H18BrNO. The van der Waals surface area contributed by atoms with Crippen molar-refractivity contribution in [3.63, 3.8) is 0 Å². The number of rotatable bonds is 3. The van der Waals surface area contributed by atoms with E-state index in [1.54, 1.807) is 0 Å². The van der Waals surface area contributed by atoms with Crippen LogP contribution in [-0.4, -0.2) is 5.78 Å². The Balaban J connectivity index is 2.28. The maximum absolute atomic E-state index is 12.6. The van der Waals surface area contributed by atoms with Crippen LogP contribution in [0.15, 0.2) is 28.7 Å². The molecule has 1 saturated carbocycles. The molecule has 1 unspecified atom stereocenters. The number of ketones is 1. The van der Waals surface area contributed by atoms with Crippen LogP contribution in [0.5, 0.6) is 0 Å². The first kappa shape index (κ1) is 14.3. The van der Waals surface area contributed by atoms with Crippen LogP contribution in [0.4, 0.5) is 0 Å². The second kappa shape index (κ2) is 4.45. The van der Waals surface area contributed by atoms with Crippen molar-refractivity contribution in [3.8, 4) is 6.07 Å². The largest absolute Gasteiger partial charge is 0.297 e. The first-order chi connectivity index (χ1) is 8.73. The fourth-order valence-corrected chi connectivity index (χ4v) is 3.30. The topological polar surface area (TPSA) is 40.9 Å². The van der Waals surface area contributed by atoms with E-state index in [-0.39, 0.29) is 22.5 Å². The van der Waals surface area contributed by atoms with E-state index in [9.17, 15) is 10.1 Å². The second-order valence-corrected chi connectivity index (χ2v) is 7.31. The molecule has 1 aromatic carbocycles. The maximum Gasteiger partial charge on any atom is 0.158 e. The van der Waals surface area contributed by atoms with Gasteiger partial charge in [-0.15, -0.1) is 0 Å². The summed E-state index contributed by atoms with van der Waals surface area (Å²) in [5.41, 5.74) is 0.748. The van der Waals surface area contributed by atoms with Gasteiger partial charge in [-0.25, -0.2) is 0 Å². The lowest BCUT2D eigenvalue weighted by molar-refractivity contribution is -0.121. The number of Topliss-reactive ketones (excluding diaryl/α,β-unsaturated/α-hetero) is 1. The molecule has 0 aliphatic heterocycles. The summed E-state index contributed by atoms with van der Waals surface area (Å²) in [6, 6.07) is 9.60. The van der Waals surface area contributed by atoms with Gasteiger partial charge in [-0.05, 0) is 28.5 Å². The predicted molar refractivity (Wildman–Crippen MR) is 78.6 cm³/mol. The lowest BCUT2D eigenvalue weighted by Crippen LogP contribution is -2.16.